The van der Waals surface area contributed by atoms with Gasteiger partial charge in [-0.2, -0.15) is 0 Å². The summed E-state index contributed by atoms with van der Waals surface area (Å²) < 4.78 is 12.7. The summed E-state index contributed by atoms with van der Waals surface area (Å²) >= 11 is 0. The Balaban J connectivity index is 3.05. The molecule has 1 N–H and O–H groups in total. The molecule has 0 amide bonds. The molecule has 0 aliphatic carbocycles. The SMILES string of the molecule is CC(C(=O)O)C(C)(C)c1ccc(F)cc1. The molecular formula is C12H15FO2. The van der Waals surface area contributed by atoms with E-state index in [1.807, 2.05) is 13.8 Å². The molecule has 1 rings (SSSR count). The van der Waals surface area contributed by atoms with Crippen molar-refractivity contribution in [1.82, 2.24) is 0 Å². The van der Waals surface area contributed by atoms with E-state index in [1.54, 1.807) is 19.1 Å². The van der Waals surface area contributed by atoms with Crippen molar-refractivity contribution in [2.24, 2.45) is 5.92 Å². The number of halogens is 1. The predicted molar refractivity (Wildman–Crippen MR) is 56.2 cm³/mol. The van der Waals surface area contributed by atoms with E-state index in [1.165, 1.54) is 12.1 Å². The number of carboxylic acid groups (broad SMARTS) is 1. The number of carbonyl (C=O) groups is 1. The minimum atomic E-state index is -0.843. The second kappa shape index (κ2) is 4.01. The molecule has 15 heavy (non-hydrogen) atoms. The molecule has 1 aromatic rings. The Bertz CT molecular complexity index is 354. The van der Waals surface area contributed by atoms with Gasteiger partial charge in [0.25, 0.3) is 0 Å². The summed E-state index contributed by atoms with van der Waals surface area (Å²) in [6.07, 6.45) is 0. The molecule has 1 unspecified atom stereocenters. The molecule has 1 aromatic carbocycles. The second-order valence-corrected chi connectivity index (χ2v) is 4.29. The van der Waals surface area contributed by atoms with Crippen LogP contribution < -0.4 is 0 Å². The lowest BCUT2D eigenvalue weighted by Crippen LogP contribution is -2.32. The van der Waals surface area contributed by atoms with Crippen molar-refractivity contribution in [3.05, 3.63) is 35.6 Å². The number of aliphatic carboxylic acids is 1. The Morgan fingerprint density at radius 1 is 1.33 bits per heavy atom. The van der Waals surface area contributed by atoms with Crippen LogP contribution in [0.2, 0.25) is 0 Å². The highest BCUT2D eigenvalue weighted by Gasteiger charge is 2.32. The molecule has 1 atom stereocenters. The van der Waals surface area contributed by atoms with Crippen LogP contribution in [0.3, 0.4) is 0 Å². The molecule has 0 aromatic heterocycles. The minimum Gasteiger partial charge on any atom is -0.481 e. The van der Waals surface area contributed by atoms with E-state index in [4.69, 9.17) is 5.11 Å². The summed E-state index contributed by atoms with van der Waals surface area (Å²) in [6.45, 7) is 5.35. The van der Waals surface area contributed by atoms with E-state index in [-0.39, 0.29) is 5.82 Å². The van der Waals surface area contributed by atoms with Gasteiger partial charge in [0.15, 0.2) is 0 Å². The molecule has 0 spiro atoms. The molecular weight excluding hydrogens is 195 g/mol. The van der Waals surface area contributed by atoms with Crippen LogP contribution in [-0.2, 0) is 10.2 Å². The summed E-state index contributed by atoms with van der Waals surface area (Å²) in [7, 11) is 0. The fraction of sp³-hybridized carbons (Fsp3) is 0.417. The van der Waals surface area contributed by atoms with Gasteiger partial charge in [0.1, 0.15) is 5.82 Å². The zero-order chi connectivity index (χ0) is 11.6. The van der Waals surface area contributed by atoms with Gasteiger partial charge in [0.05, 0.1) is 5.92 Å². The van der Waals surface area contributed by atoms with Crippen LogP contribution in [0, 0.1) is 11.7 Å². The molecule has 0 aliphatic heterocycles. The van der Waals surface area contributed by atoms with Crippen molar-refractivity contribution < 1.29 is 14.3 Å². The van der Waals surface area contributed by atoms with Crippen LogP contribution >= 0.6 is 0 Å². The van der Waals surface area contributed by atoms with E-state index in [0.29, 0.717) is 0 Å². The van der Waals surface area contributed by atoms with Crippen LogP contribution in [0.1, 0.15) is 26.3 Å². The maximum Gasteiger partial charge on any atom is 0.307 e. The standard InChI is InChI=1S/C12H15FO2/c1-8(11(14)15)12(2,3)9-4-6-10(13)7-5-9/h4-8H,1-3H3,(H,14,15). The molecule has 0 fully saturated rings. The average molecular weight is 210 g/mol. The Morgan fingerprint density at radius 2 is 1.80 bits per heavy atom. The largest absolute Gasteiger partial charge is 0.481 e. The summed E-state index contributed by atoms with van der Waals surface area (Å²) in [5.41, 5.74) is 0.332. The highest BCUT2D eigenvalue weighted by atomic mass is 19.1. The van der Waals surface area contributed by atoms with E-state index in [0.717, 1.165) is 5.56 Å². The molecule has 2 nitrogen and oxygen atoms in total. The van der Waals surface area contributed by atoms with Crippen LogP contribution in [0.15, 0.2) is 24.3 Å². The molecule has 3 heteroatoms. The van der Waals surface area contributed by atoms with Gasteiger partial charge in [0, 0.05) is 5.41 Å². The van der Waals surface area contributed by atoms with Crippen molar-refractivity contribution in [1.29, 1.82) is 0 Å². The van der Waals surface area contributed by atoms with Gasteiger partial charge < -0.3 is 5.11 Å². The molecule has 0 saturated carbocycles. The molecule has 0 radical (unpaired) electrons. The maximum atomic E-state index is 12.7. The van der Waals surface area contributed by atoms with Crippen LogP contribution in [0.5, 0.6) is 0 Å². The van der Waals surface area contributed by atoms with E-state index in [2.05, 4.69) is 0 Å². The van der Waals surface area contributed by atoms with Crippen LogP contribution in [0.25, 0.3) is 0 Å². The van der Waals surface area contributed by atoms with Crippen molar-refractivity contribution in [3.8, 4) is 0 Å². The van der Waals surface area contributed by atoms with Gasteiger partial charge in [-0.3, -0.25) is 4.79 Å². The summed E-state index contributed by atoms with van der Waals surface area (Å²) in [4.78, 5) is 10.9. The van der Waals surface area contributed by atoms with E-state index < -0.39 is 17.3 Å². The third-order valence-electron chi connectivity index (χ3n) is 3.04. The van der Waals surface area contributed by atoms with Gasteiger partial charge in [-0.25, -0.2) is 4.39 Å². The molecule has 0 aliphatic rings. The van der Waals surface area contributed by atoms with Gasteiger partial charge >= 0.3 is 5.97 Å². The first-order valence-electron chi connectivity index (χ1n) is 4.84. The fourth-order valence-corrected chi connectivity index (χ4v) is 1.44. The van der Waals surface area contributed by atoms with Crippen molar-refractivity contribution >= 4 is 5.97 Å². The number of hydrogen-bond donors (Lipinski definition) is 1. The van der Waals surface area contributed by atoms with Gasteiger partial charge in [0.2, 0.25) is 0 Å². The van der Waals surface area contributed by atoms with Crippen LogP contribution in [0.4, 0.5) is 4.39 Å². The second-order valence-electron chi connectivity index (χ2n) is 4.29. The third-order valence-corrected chi connectivity index (χ3v) is 3.04. The smallest absolute Gasteiger partial charge is 0.307 e. The third kappa shape index (κ3) is 2.35. The Hall–Kier alpha value is -1.38. The number of carboxylic acids is 1. The van der Waals surface area contributed by atoms with Gasteiger partial charge in [-0.05, 0) is 17.7 Å². The topological polar surface area (TPSA) is 37.3 Å². The molecule has 0 bridgehead atoms. The van der Waals surface area contributed by atoms with Crippen molar-refractivity contribution in [2.45, 2.75) is 26.2 Å². The molecule has 0 saturated heterocycles. The maximum absolute atomic E-state index is 12.7. The average Bonchev–Trinajstić information content (AvgIpc) is 2.17. The lowest BCUT2D eigenvalue weighted by Gasteiger charge is -2.29. The first kappa shape index (κ1) is 11.7. The first-order valence-corrected chi connectivity index (χ1v) is 4.84. The Labute approximate surface area is 88.7 Å². The summed E-state index contributed by atoms with van der Waals surface area (Å²) in [5.74, 6) is -1.66. The Morgan fingerprint density at radius 3 is 2.20 bits per heavy atom. The van der Waals surface area contributed by atoms with Gasteiger partial charge in [-0.15, -0.1) is 0 Å². The van der Waals surface area contributed by atoms with Crippen LogP contribution in [-0.4, -0.2) is 11.1 Å². The highest BCUT2D eigenvalue weighted by Crippen LogP contribution is 2.31. The number of benzene rings is 1. The zero-order valence-corrected chi connectivity index (χ0v) is 9.12. The van der Waals surface area contributed by atoms with E-state index in [9.17, 15) is 9.18 Å². The molecule has 82 valence electrons. The normalized spacial score (nSPS) is 13.6. The monoisotopic (exact) mass is 210 g/mol. The lowest BCUT2D eigenvalue weighted by molar-refractivity contribution is -0.143. The summed E-state index contributed by atoms with van der Waals surface area (Å²) in [5, 5.41) is 8.96. The first-order chi connectivity index (χ1) is 6.85. The minimum absolute atomic E-state index is 0.308. The number of rotatable bonds is 3. The van der Waals surface area contributed by atoms with Crippen molar-refractivity contribution in [2.75, 3.05) is 0 Å². The number of hydrogen-bond acceptors (Lipinski definition) is 1. The highest BCUT2D eigenvalue weighted by molar-refractivity contribution is 5.71. The van der Waals surface area contributed by atoms with Gasteiger partial charge in [-0.1, -0.05) is 32.9 Å². The Kier molecular flexibility index (Phi) is 3.12. The summed E-state index contributed by atoms with van der Waals surface area (Å²) in [6, 6.07) is 5.97. The quantitative estimate of drug-likeness (QED) is 0.832. The molecule has 0 heterocycles. The predicted octanol–water partition coefficient (Wildman–Crippen LogP) is 2.82. The van der Waals surface area contributed by atoms with Crippen molar-refractivity contribution in [3.63, 3.8) is 0 Å². The zero-order valence-electron chi connectivity index (χ0n) is 9.12. The lowest BCUT2D eigenvalue weighted by atomic mass is 9.74. The van der Waals surface area contributed by atoms with E-state index >= 15 is 0 Å². The fourth-order valence-electron chi connectivity index (χ4n) is 1.44.